The van der Waals surface area contributed by atoms with Crippen LogP contribution in [0.2, 0.25) is 0 Å². The lowest BCUT2D eigenvalue weighted by Gasteiger charge is -2.01. The normalized spacial score (nSPS) is 11.2. The van der Waals surface area contributed by atoms with Gasteiger partial charge in [-0.25, -0.2) is 14.3 Å². The van der Waals surface area contributed by atoms with Crippen LogP contribution in [0.3, 0.4) is 0 Å². The Morgan fingerprint density at radius 1 is 0.900 bits per heavy atom. The van der Waals surface area contributed by atoms with E-state index in [2.05, 4.69) is 9.97 Å². The highest BCUT2D eigenvalue weighted by molar-refractivity contribution is 7.20. The number of nitrogens with zero attached hydrogens (tertiary/aromatic N) is 3. The monoisotopic (exact) mass is 279 g/mol. The molecule has 96 valence electrons. The summed E-state index contributed by atoms with van der Waals surface area (Å²) in [5, 5.41) is 1.57. The fourth-order valence-electron chi connectivity index (χ4n) is 2.15. The van der Waals surface area contributed by atoms with Crippen molar-refractivity contribution in [2.45, 2.75) is 0 Å². The molecular weight excluding hydrogens is 270 g/mol. The topological polar surface area (TPSA) is 47.8 Å². The molecule has 0 aliphatic rings. The van der Waals surface area contributed by atoms with Crippen molar-refractivity contribution in [1.82, 2.24) is 14.5 Å². The van der Waals surface area contributed by atoms with Crippen molar-refractivity contribution in [2.75, 3.05) is 0 Å². The highest BCUT2D eigenvalue weighted by Crippen LogP contribution is 2.24. The fourth-order valence-corrected chi connectivity index (χ4v) is 3.08. The van der Waals surface area contributed by atoms with E-state index in [1.54, 1.807) is 6.20 Å². The predicted octanol–water partition coefficient (Wildman–Crippen LogP) is 3.00. The molecule has 0 N–H and O–H groups in total. The highest BCUT2D eigenvalue weighted by atomic mass is 32.1. The molecule has 0 atom stereocenters. The van der Waals surface area contributed by atoms with Gasteiger partial charge in [0.25, 0.3) is 0 Å². The summed E-state index contributed by atoms with van der Waals surface area (Å²) in [5.74, 6) is 0. The number of fused-ring (bicyclic) bond motifs is 2. The minimum absolute atomic E-state index is 0.303. The SMILES string of the molecule is O=c1nc2ccccc2cn1-c1nc2ccccc2s1. The molecule has 0 aliphatic heterocycles. The van der Waals surface area contributed by atoms with E-state index in [0.717, 1.165) is 15.6 Å². The predicted molar refractivity (Wildman–Crippen MR) is 80.5 cm³/mol. The van der Waals surface area contributed by atoms with Crippen LogP contribution in [0.25, 0.3) is 26.3 Å². The van der Waals surface area contributed by atoms with E-state index >= 15 is 0 Å². The van der Waals surface area contributed by atoms with E-state index in [9.17, 15) is 4.79 Å². The van der Waals surface area contributed by atoms with Crippen molar-refractivity contribution in [2.24, 2.45) is 0 Å². The lowest BCUT2D eigenvalue weighted by atomic mass is 10.2. The molecule has 0 bridgehead atoms. The fraction of sp³-hybridized carbons (Fsp3) is 0. The lowest BCUT2D eigenvalue weighted by molar-refractivity contribution is 0.930. The number of aromatic nitrogens is 3. The molecule has 2 aromatic carbocycles. The molecule has 4 rings (SSSR count). The summed E-state index contributed by atoms with van der Waals surface area (Å²) in [6.07, 6.45) is 1.79. The summed E-state index contributed by atoms with van der Waals surface area (Å²) in [6, 6.07) is 15.4. The zero-order chi connectivity index (χ0) is 13.5. The van der Waals surface area contributed by atoms with Crippen LogP contribution in [-0.2, 0) is 0 Å². The number of hydrogen-bond acceptors (Lipinski definition) is 4. The average molecular weight is 279 g/mol. The van der Waals surface area contributed by atoms with Crippen LogP contribution in [-0.4, -0.2) is 14.5 Å². The molecule has 0 saturated heterocycles. The Morgan fingerprint density at radius 2 is 1.65 bits per heavy atom. The minimum atomic E-state index is -0.303. The summed E-state index contributed by atoms with van der Waals surface area (Å²) in [6.45, 7) is 0. The second-order valence-electron chi connectivity index (χ2n) is 4.42. The largest absolute Gasteiger partial charge is 0.354 e. The second-order valence-corrected chi connectivity index (χ2v) is 5.43. The third-order valence-electron chi connectivity index (χ3n) is 3.12. The third kappa shape index (κ3) is 1.71. The highest BCUT2D eigenvalue weighted by Gasteiger charge is 2.08. The van der Waals surface area contributed by atoms with E-state index in [4.69, 9.17) is 0 Å². The van der Waals surface area contributed by atoms with E-state index in [1.807, 2.05) is 48.5 Å². The molecule has 0 spiro atoms. The van der Waals surface area contributed by atoms with Gasteiger partial charge in [0.1, 0.15) is 0 Å². The number of benzene rings is 2. The number of rotatable bonds is 1. The van der Waals surface area contributed by atoms with E-state index < -0.39 is 0 Å². The van der Waals surface area contributed by atoms with Crippen molar-refractivity contribution in [1.29, 1.82) is 0 Å². The molecule has 0 saturated carbocycles. The molecule has 4 nitrogen and oxygen atoms in total. The van der Waals surface area contributed by atoms with Gasteiger partial charge in [0, 0.05) is 11.6 Å². The van der Waals surface area contributed by atoms with Gasteiger partial charge in [-0.15, -0.1) is 0 Å². The molecule has 2 aromatic heterocycles. The van der Waals surface area contributed by atoms with Gasteiger partial charge in [-0.1, -0.05) is 41.7 Å². The molecule has 0 fully saturated rings. The van der Waals surface area contributed by atoms with Gasteiger partial charge in [-0.05, 0) is 18.2 Å². The first kappa shape index (κ1) is 11.3. The second kappa shape index (κ2) is 4.25. The van der Waals surface area contributed by atoms with Crippen molar-refractivity contribution < 1.29 is 0 Å². The zero-order valence-corrected chi connectivity index (χ0v) is 11.2. The van der Waals surface area contributed by atoms with Crippen molar-refractivity contribution in [3.8, 4) is 5.13 Å². The van der Waals surface area contributed by atoms with E-state index in [-0.39, 0.29) is 5.69 Å². The molecule has 2 heterocycles. The molecule has 0 radical (unpaired) electrons. The standard InChI is InChI=1S/C15H9N3OS/c19-14-16-11-6-2-1-5-10(11)9-18(14)15-17-12-7-3-4-8-13(12)20-15/h1-9H. The maximum Gasteiger partial charge on any atom is 0.354 e. The van der Waals surface area contributed by atoms with Gasteiger partial charge in [-0.3, -0.25) is 0 Å². The van der Waals surface area contributed by atoms with Crippen LogP contribution in [0, 0.1) is 0 Å². The molecule has 0 amide bonds. The molecule has 20 heavy (non-hydrogen) atoms. The van der Waals surface area contributed by atoms with Gasteiger partial charge in [0.15, 0.2) is 5.13 Å². The molecule has 5 heteroatoms. The van der Waals surface area contributed by atoms with Gasteiger partial charge in [0.05, 0.1) is 15.7 Å². The maximum absolute atomic E-state index is 12.1. The van der Waals surface area contributed by atoms with Gasteiger partial charge in [0.2, 0.25) is 0 Å². The first-order valence-corrected chi connectivity index (χ1v) is 6.97. The number of thiazole rings is 1. The van der Waals surface area contributed by atoms with Gasteiger partial charge >= 0.3 is 5.69 Å². The van der Waals surface area contributed by atoms with Crippen LogP contribution < -0.4 is 5.69 Å². The Balaban J connectivity index is 2.01. The van der Waals surface area contributed by atoms with E-state index in [1.165, 1.54) is 15.9 Å². The Bertz CT molecular complexity index is 954. The van der Waals surface area contributed by atoms with Crippen LogP contribution in [0.4, 0.5) is 0 Å². The Morgan fingerprint density at radius 3 is 2.50 bits per heavy atom. The average Bonchev–Trinajstić information content (AvgIpc) is 2.90. The van der Waals surface area contributed by atoms with Gasteiger partial charge in [-0.2, -0.15) is 4.98 Å². The summed E-state index contributed by atoms with van der Waals surface area (Å²) in [5.41, 5.74) is 1.30. The minimum Gasteiger partial charge on any atom is -0.245 e. The van der Waals surface area contributed by atoms with Crippen LogP contribution in [0.5, 0.6) is 0 Å². The summed E-state index contributed by atoms with van der Waals surface area (Å²) >= 11 is 1.48. The smallest absolute Gasteiger partial charge is 0.245 e. The molecule has 0 unspecified atom stereocenters. The lowest BCUT2D eigenvalue weighted by Crippen LogP contribution is -2.20. The first-order chi connectivity index (χ1) is 9.81. The van der Waals surface area contributed by atoms with Crippen molar-refractivity contribution >= 4 is 32.5 Å². The van der Waals surface area contributed by atoms with Crippen molar-refractivity contribution in [3.05, 3.63) is 65.2 Å². The quantitative estimate of drug-likeness (QED) is 0.538. The Kier molecular flexibility index (Phi) is 2.40. The van der Waals surface area contributed by atoms with Crippen LogP contribution in [0.1, 0.15) is 0 Å². The third-order valence-corrected chi connectivity index (χ3v) is 4.15. The zero-order valence-electron chi connectivity index (χ0n) is 10.4. The first-order valence-electron chi connectivity index (χ1n) is 6.16. The molecular formula is C15H9N3OS. The van der Waals surface area contributed by atoms with Gasteiger partial charge < -0.3 is 0 Å². The summed E-state index contributed by atoms with van der Waals surface area (Å²) in [4.78, 5) is 20.7. The molecule has 4 aromatic rings. The van der Waals surface area contributed by atoms with E-state index in [0.29, 0.717) is 10.6 Å². The maximum atomic E-state index is 12.1. The van der Waals surface area contributed by atoms with Crippen LogP contribution >= 0.6 is 11.3 Å². The molecule has 0 aliphatic carbocycles. The van der Waals surface area contributed by atoms with Crippen LogP contribution in [0.15, 0.2) is 59.5 Å². The number of para-hydroxylation sites is 2. The number of hydrogen-bond donors (Lipinski definition) is 0. The summed E-state index contributed by atoms with van der Waals surface area (Å²) < 4.78 is 2.56. The van der Waals surface area contributed by atoms with Crippen molar-refractivity contribution in [3.63, 3.8) is 0 Å². The Hall–Kier alpha value is -2.53. The summed E-state index contributed by atoms with van der Waals surface area (Å²) in [7, 11) is 0. The Labute approximate surface area is 118 Å².